The minimum Gasteiger partial charge on any atom is -0.493 e. The monoisotopic (exact) mass is 424 g/mol. The summed E-state index contributed by atoms with van der Waals surface area (Å²) < 4.78 is 20.0. The lowest BCUT2D eigenvalue weighted by Crippen LogP contribution is -2.41. The molecule has 1 atom stereocenters. The molecule has 2 fully saturated rings. The first-order valence-electron chi connectivity index (χ1n) is 11.2. The van der Waals surface area contributed by atoms with Crippen LogP contribution in [0, 0.1) is 11.7 Å². The zero-order valence-corrected chi connectivity index (χ0v) is 17.8. The summed E-state index contributed by atoms with van der Waals surface area (Å²) in [7, 11) is 0. The number of rotatable bonds is 5. The van der Waals surface area contributed by atoms with Crippen LogP contribution in [0.3, 0.4) is 0 Å². The van der Waals surface area contributed by atoms with Crippen molar-refractivity contribution in [1.82, 2.24) is 9.80 Å². The van der Waals surface area contributed by atoms with Gasteiger partial charge in [0.1, 0.15) is 11.6 Å². The molecule has 2 aromatic carbocycles. The first-order chi connectivity index (χ1) is 15.1. The van der Waals surface area contributed by atoms with Gasteiger partial charge >= 0.3 is 0 Å². The van der Waals surface area contributed by atoms with E-state index in [-0.39, 0.29) is 23.3 Å². The fraction of sp³-hybridized carbons (Fsp3) is 0.440. The Morgan fingerprint density at radius 3 is 2.48 bits per heavy atom. The van der Waals surface area contributed by atoms with E-state index >= 15 is 0 Å². The number of hydrogen-bond donors (Lipinski definition) is 0. The van der Waals surface area contributed by atoms with Crippen LogP contribution in [0.25, 0.3) is 0 Å². The molecule has 6 heteroatoms. The lowest BCUT2D eigenvalue weighted by molar-refractivity contribution is 0.0627. The van der Waals surface area contributed by atoms with Gasteiger partial charge in [-0.1, -0.05) is 18.2 Å². The summed E-state index contributed by atoms with van der Waals surface area (Å²) in [4.78, 5) is 29.1. The van der Waals surface area contributed by atoms with E-state index in [2.05, 4.69) is 0 Å². The molecular weight excluding hydrogens is 395 g/mol. The Labute approximate surface area is 182 Å². The predicted octanol–water partition coefficient (Wildman–Crippen LogP) is 4.38. The zero-order valence-electron chi connectivity index (χ0n) is 17.8. The second kappa shape index (κ2) is 9.94. The van der Waals surface area contributed by atoms with Crippen LogP contribution in [0.2, 0.25) is 0 Å². The van der Waals surface area contributed by atoms with Crippen molar-refractivity contribution in [2.75, 3.05) is 32.8 Å². The van der Waals surface area contributed by atoms with Gasteiger partial charge in [0.15, 0.2) is 0 Å². The van der Waals surface area contributed by atoms with Crippen LogP contribution in [-0.4, -0.2) is 54.4 Å². The second-order valence-corrected chi connectivity index (χ2v) is 8.43. The number of ether oxygens (including phenoxy) is 1. The third-order valence-corrected chi connectivity index (χ3v) is 6.12. The van der Waals surface area contributed by atoms with E-state index in [1.807, 2.05) is 29.2 Å². The number of hydrogen-bond acceptors (Lipinski definition) is 3. The first kappa shape index (κ1) is 21.3. The molecular formula is C25H29FN2O3. The average Bonchev–Trinajstić information content (AvgIpc) is 2.83. The Bertz CT molecular complexity index is 926. The van der Waals surface area contributed by atoms with Crippen LogP contribution in [-0.2, 0) is 0 Å². The Morgan fingerprint density at radius 1 is 0.903 bits per heavy atom. The van der Waals surface area contributed by atoms with Gasteiger partial charge in [-0.15, -0.1) is 0 Å². The Balaban J connectivity index is 1.34. The predicted molar refractivity (Wildman–Crippen MR) is 117 cm³/mol. The number of amides is 2. The number of halogens is 1. The van der Waals surface area contributed by atoms with Crippen molar-refractivity contribution in [3.8, 4) is 5.75 Å². The summed E-state index contributed by atoms with van der Waals surface area (Å²) in [6, 6.07) is 13.5. The van der Waals surface area contributed by atoms with Crippen LogP contribution in [0.4, 0.5) is 4.39 Å². The van der Waals surface area contributed by atoms with Crippen molar-refractivity contribution in [2.24, 2.45) is 5.92 Å². The van der Waals surface area contributed by atoms with Gasteiger partial charge in [0.2, 0.25) is 0 Å². The number of carbonyl (C=O) groups is 2. The first-order valence-corrected chi connectivity index (χ1v) is 11.2. The van der Waals surface area contributed by atoms with Crippen molar-refractivity contribution < 1.29 is 18.7 Å². The van der Waals surface area contributed by atoms with Gasteiger partial charge in [-0.2, -0.15) is 0 Å². The molecule has 0 radical (unpaired) electrons. The highest BCUT2D eigenvalue weighted by molar-refractivity contribution is 5.95. The average molecular weight is 425 g/mol. The van der Waals surface area contributed by atoms with Crippen molar-refractivity contribution in [2.45, 2.75) is 32.1 Å². The molecule has 0 N–H and O–H groups in total. The molecule has 5 nitrogen and oxygen atoms in total. The molecule has 2 aromatic rings. The van der Waals surface area contributed by atoms with Crippen molar-refractivity contribution in [1.29, 1.82) is 0 Å². The molecule has 2 aliphatic rings. The quantitative estimate of drug-likeness (QED) is 0.716. The van der Waals surface area contributed by atoms with Gasteiger partial charge in [0.25, 0.3) is 11.8 Å². The minimum absolute atomic E-state index is 0.0597. The fourth-order valence-corrected chi connectivity index (χ4v) is 4.40. The molecule has 0 saturated carbocycles. The summed E-state index contributed by atoms with van der Waals surface area (Å²) in [5, 5.41) is 0. The van der Waals surface area contributed by atoms with Crippen molar-refractivity contribution in [3.05, 3.63) is 65.5 Å². The third-order valence-electron chi connectivity index (χ3n) is 6.12. The molecule has 0 bridgehead atoms. The molecule has 0 aromatic heterocycles. The molecule has 31 heavy (non-hydrogen) atoms. The van der Waals surface area contributed by atoms with Gasteiger partial charge in [-0.25, -0.2) is 4.39 Å². The SMILES string of the molecule is O=C(c1cccc(OC[C@H]2CCCN(C(=O)c3ccccc3F)C2)c1)N1CCCCC1. The van der Waals surface area contributed by atoms with Crippen LogP contribution in [0.15, 0.2) is 48.5 Å². The minimum atomic E-state index is -0.485. The maximum Gasteiger partial charge on any atom is 0.256 e. The maximum atomic E-state index is 14.0. The normalized spacial score (nSPS) is 19.2. The third kappa shape index (κ3) is 5.24. The van der Waals surface area contributed by atoms with E-state index in [1.54, 1.807) is 17.0 Å². The van der Waals surface area contributed by atoms with E-state index in [0.29, 0.717) is 31.0 Å². The van der Waals surface area contributed by atoms with Crippen molar-refractivity contribution in [3.63, 3.8) is 0 Å². The van der Waals surface area contributed by atoms with Crippen molar-refractivity contribution >= 4 is 11.8 Å². The fourth-order valence-electron chi connectivity index (χ4n) is 4.40. The molecule has 2 amide bonds. The number of benzene rings is 2. The van der Waals surface area contributed by atoms with E-state index in [1.165, 1.54) is 18.6 Å². The molecule has 0 aliphatic carbocycles. The lowest BCUT2D eigenvalue weighted by atomic mass is 9.98. The van der Waals surface area contributed by atoms with Crippen LogP contribution in [0.5, 0.6) is 5.75 Å². The topological polar surface area (TPSA) is 49.9 Å². The Hall–Kier alpha value is -2.89. The van der Waals surface area contributed by atoms with Crippen LogP contribution >= 0.6 is 0 Å². The molecule has 0 unspecified atom stereocenters. The zero-order chi connectivity index (χ0) is 21.6. The number of piperidine rings is 2. The molecule has 164 valence electrons. The second-order valence-electron chi connectivity index (χ2n) is 8.43. The molecule has 2 saturated heterocycles. The lowest BCUT2D eigenvalue weighted by Gasteiger charge is -2.32. The Kier molecular flexibility index (Phi) is 6.85. The summed E-state index contributed by atoms with van der Waals surface area (Å²) in [6.07, 6.45) is 5.12. The summed E-state index contributed by atoms with van der Waals surface area (Å²) in [5.41, 5.74) is 0.771. The molecule has 2 aliphatic heterocycles. The molecule has 0 spiro atoms. The van der Waals surface area contributed by atoms with Gasteiger partial charge < -0.3 is 14.5 Å². The van der Waals surface area contributed by atoms with Gasteiger partial charge in [-0.3, -0.25) is 9.59 Å². The standard InChI is InChI=1S/C25H29FN2O3/c26-23-12-3-2-11-22(23)25(30)28-15-7-8-19(17-28)18-31-21-10-6-9-20(16-21)24(29)27-13-4-1-5-14-27/h2-3,6,9-12,16,19H,1,4-5,7-8,13-15,17-18H2/t19-/m0/s1. The highest BCUT2D eigenvalue weighted by atomic mass is 19.1. The van der Waals surface area contributed by atoms with Crippen LogP contribution in [0.1, 0.15) is 52.8 Å². The van der Waals surface area contributed by atoms with Gasteiger partial charge in [0.05, 0.1) is 12.2 Å². The highest BCUT2D eigenvalue weighted by Gasteiger charge is 2.26. The largest absolute Gasteiger partial charge is 0.493 e. The van der Waals surface area contributed by atoms with E-state index in [4.69, 9.17) is 4.74 Å². The molecule has 4 rings (SSSR count). The molecule has 2 heterocycles. The number of carbonyl (C=O) groups excluding carboxylic acids is 2. The summed E-state index contributed by atoms with van der Waals surface area (Å²) in [5.74, 6) is 0.147. The summed E-state index contributed by atoms with van der Waals surface area (Å²) in [6.45, 7) is 3.27. The van der Waals surface area contributed by atoms with E-state index in [9.17, 15) is 14.0 Å². The summed E-state index contributed by atoms with van der Waals surface area (Å²) >= 11 is 0. The smallest absolute Gasteiger partial charge is 0.256 e. The van der Waals surface area contributed by atoms with E-state index in [0.717, 1.165) is 38.8 Å². The number of nitrogens with zero attached hydrogens (tertiary/aromatic N) is 2. The van der Waals surface area contributed by atoms with E-state index < -0.39 is 5.82 Å². The highest BCUT2D eigenvalue weighted by Crippen LogP contribution is 2.23. The van der Waals surface area contributed by atoms with Gasteiger partial charge in [0, 0.05) is 37.7 Å². The number of likely N-dealkylation sites (tertiary alicyclic amines) is 2. The Morgan fingerprint density at radius 2 is 1.68 bits per heavy atom. The van der Waals surface area contributed by atoms with Gasteiger partial charge in [-0.05, 0) is 62.4 Å². The van der Waals surface area contributed by atoms with Crippen LogP contribution < -0.4 is 4.74 Å². The maximum absolute atomic E-state index is 14.0.